The molecule has 1 aliphatic carbocycles. The summed E-state index contributed by atoms with van der Waals surface area (Å²) in [6.45, 7) is 13.6. The average Bonchev–Trinajstić information content (AvgIpc) is 2.99. The van der Waals surface area contributed by atoms with E-state index in [1.54, 1.807) is 0 Å². The van der Waals surface area contributed by atoms with Gasteiger partial charge < -0.3 is 20.9 Å². The fraction of sp³-hybridized carbons (Fsp3) is 0.457. The van der Waals surface area contributed by atoms with Crippen LogP contribution in [0.4, 0.5) is 0 Å². The summed E-state index contributed by atoms with van der Waals surface area (Å²) in [6, 6.07) is 22.5. The van der Waals surface area contributed by atoms with Crippen LogP contribution in [0.15, 0.2) is 60.7 Å². The lowest BCUT2D eigenvalue weighted by atomic mass is 9.85. The molecular formula is C35H47N5. The predicted octanol–water partition coefficient (Wildman–Crippen LogP) is 5.62. The predicted molar refractivity (Wildman–Crippen MR) is 170 cm³/mol. The zero-order valence-corrected chi connectivity index (χ0v) is 24.6. The highest BCUT2D eigenvalue weighted by Gasteiger charge is 2.16. The molecule has 1 aliphatic rings. The first-order chi connectivity index (χ1) is 19.8. The third-order valence-corrected chi connectivity index (χ3v) is 8.25. The second-order valence-corrected chi connectivity index (χ2v) is 11.2. The summed E-state index contributed by atoms with van der Waals surface area (Å²) < 4.78 is 0. The molecule has 3 aromatic carbocycles. The molecule has 40 heavy (non-hydrogen) atoms. The maximum atomic E-state index is 4.69. The van der Waals surface area contributed by atoms with Crippen LogP contribution in [0.1, 0.15) is 54.8 Å². The number of aromatic nitrogens is 1. The van der Waals surface area contributed by atoms with Crippen LogP contribution in [0.3, 0.4) is 0 Å². The van der Waals surface area contributed by atoms with E-state index in [9.17, 15) is 0 Å². The zero-order valence-electron chi connectivity index (χ0n) is 24.6. The summed E-state index contributed by atoms with van der Waals surface area (Å²) in [7, 11) is 0. The molecule has 0 saturated heterocycles. The molecule has 0 amide bonds. The van der Waals surface area contributed by atoms with Crippen molar-refractivity contribution in [3.8, 4) is 0 Å². The van der Waals surface area contributed by atoms with E-state index in [0.29, 0.717) is 0 Å². The number of nitrogens with zero attached hydrogens (tertiary/aromatic N) is 2. The fourth-order valence-corrected chi connectivity index (χ4v) is 6.12. The average molecular weight is 538 g/mol. The van der Waals surface area contributed by atoms with Crippen LogP contribution >= 0.6 is 0 Å². The van der Waals surface area contributed by atoms with Gasteiger partial charge in [-0.05, 0) is 102 Å². The molecule has 0 unspecified atom stereocenters. The first kappa shape index (κ1) is 28.7. The van der Waals surface area contributed by atoms with Gasteiger partial charge in [-0.1, -0.05) is 62.4 Å². The van der Waals surface area contributed by atoms with Gasteiger partial charge in [0, 0.05) is 45.0 Å². The van der Waals surface area contributed by atoms with Crippen LogP contribution in [-0.2, 0) is 32.4 Å². The van der Waals surface area contributed by atoms with Gasteiger partial charge >= 0.3 is 0 Å². The summed E-state index contributed by atoms with van der Waals surface area (Å²) in [5.41, 5.74) is 6.75. The summed E-state index contributed by atoms with van der Waals surface area (Å²) in [4.78, 5) is 7.26. The Balaban J connectivity index is 0.991. The minimum atomic E-state index is 0.844. The van der Waals surface area contributed by atoms with Crippen molar-refractivity contribution in [3.63, 3.8) is 0 Å². The van der Waals surface area contributed by atoms with Crippen LogP contribution in [0, 0.1) is 0 Å². The molecule has 4 aromatic rings. The minimum absolute atomic E-state index is 0.844. The van der Waals surface area contributed by atoms with Gasteiger partial charge in [0.1, 0.15) is 0 Å². The van der Waals surface area contributed by atoms with Crippen molar-refractivity contribution in [3.05, 3.63) is 88.7 Å². The first-order valence-electron chi connectivity index (χ1n) is 15.5. The standard InChI is InChI=1S/C35H47N5/c1-3-22-40(24-21-38-26-32-11-6-10-31(4-2)39-32)23-20-36-18-7-19-37-25-30-15-14-29-13-12-27-8-5-9-28-16-17-33(30)35(29)34(27)28/h5-6,8-11,14-17,36-38H,3-4,7,12-13,18-26H2,1-2H3. The van der Waals surface area contributed by atoms with Crippen molar-refractivity contribution in [2.24, 2.45) is 0 Å². The zero-order chi connectivity index (χ0) is 27.6. The molecule has 1 aromatic heterocycles. The van der Waals surface area contributed by atoms with Crippen molar-refractivity contribution < 1.29 is 0 Å². The lowest BCUT2D eigenvalue weighted by Gasteiger charge is -2.22. The Morgan fingerprint density at radius 1 is 0.675 bits per heavy atom. The quantitative estimate of drug-likeness (QED) is 0.121. The van der Waals surface area contributed by atoms with Gasteiger partial charge in [0.05, 0.1) is 5.69 Å². The van der Waals surface area contributed by atoms with Gasteiger partial charge in [-0.2, -0.15) is 0 Å². The maximum Gasteiger partial charge on any atom is 0.0544 e. The molecule has 0 fully saturated rings. The number of hydrogen-bond donors (Lipinski definition) is 3. The number of nitrogens with one attached hydrogen (secondary N) is 3. The molecule has 5 rings (SSSR count). The number of aryl methyl sites for hydroxylation is 3. The number of benzene rings is 3. The second-order valence-electron chi connectivity index (χ2n) is 11.2. The maximum absolute atomic E-state index is 4.69. The van der Waals surface area contributed by atoms with Gasteiger partial charge in [0.15, 0.2) is 0 Å². The number of pyridine rings is 1. The van der Waals surface area contributed by atoms with Crippen LogP contribution < -0.4 is 16.0 Å². The van der Waals surface area contributed by atoms with E-state index in [1.807, 2.05) is 0 Å². The summed E-state index contributed by atoms with van der Waals surface area (Å²) >= 11 is 0. The van der Waals surface area contributed by atoms with E-state index >= 15 is 0 Å². The van der Waals surface area contributed by atoms with Crippen LogP contribution in [0.2, 0.25) is 0 Å². The highest BCUT2D eigenvalue weighted by atomic mass is 15.1. The van der Waals surface area contributed by atoms with E-state index in [-0.39, 0.29) is 0 Å². The summed E-state index contributed by atoms with van der Waals surface area (Å²) in [5.74, 6) is 0. The third kappa shape index (κ3) is 7.27. The Morgan fingerprint density at radius 3 is 2.27 bits per heavy atom. The van der Waals surface area contributed by atoms with E-state index < -0.39 is 0 Å². The van der Waals surface area contributed by atoms with Gasteiger partial charge in [0.25, 0.3) is 0 Å². The normalized spacial score (nSPS) is 12.8. The van der Waals surface area contributed by atoms with Crippen molar-refractivity contribution in [2.75, 3.05) is 45.8 Å². The lowest BCUT2D eigenvalue weighted by molar-refractivity contribution is 0.272. The van der Waals surface area contributed by atoms with Crippen molar-refractivity contribution in [1.29, 1.82) is 0 Å². The van der Waals surface area contributed by atoms with Gasteiger partial charge in [-0.15, -0.1) is 0 Å². The van der Waals surface area contributed by atoms with Crippen LogP contribution in [-0.4, -0.2) is 55.7 Å². The van der Waals surface area contributed by atoms with Gasteiger partial charge in [0.2, 0.25) is 0 Å². The highest BCUT2D eigenvalue weighted by Crippen LogP contribution is 2.37. The fourth-order valence-electron chi connectivity index (χ4n) is 6.12. The van der Waals surface area contributed by atoms with Crippen molar-refractivity contribution in [2.45, 2.75) is 59.0 Å². The Labute approximate surface area is 240 Å². The van der Waals surface area contributed by atoms with E-state index in [4.69, 9.17) is 4.98 Å². The summed E-state index contributed by atoms with van der Waals surface area (Å²) in [6.07, 6.45) is 5.64. The Morgan fingerprint density at radius 2 is 1.43 bits per heavy atom. The highest BCUT2D eigenvalue weighted by molar-refractivity contribution is 6.12. The topological polar surface area (TPSA) is 52.2 Å². The molecule has 0 saturated carbocycles. The number of rotatable bonds is 17. The molecular weight excluding hydrogens is 490 g/mol. The number of hydrogen-bond acceptors (Lipinski definition) is 5. The minimum Gasteiger partial charge on any atom is -0.315 e. The van der Waals surface area contributed by atoms with Crippen LogP contribution in [0.5, 0.6) is 0 Å². The Bertz CT molecular complexity index is 1380. The van der Waals surface area contributed by atoms with Crippen molar-refractivity contribution in [1.82, 2.24) is 25.8 Å². The van der Waals surface area contributed by atoms with Gasteiger partial charge in [-0.3, -0.25) is 4.98 Å². The van der Waals surface area contributed by atoms with Crippen LogP contribution in [0.25, 0.3) is 21.5 Å². The molecule has 0 atom stereocenters. The molecule has 1 heterocycles. The Hall–Kier alpha value is -2.83. The SMILES string of the molecule is CCCN(CCNCCCNCc1ccc2c3c1ccc1cccc(c13)CC2)CCNCc1cccc(CC)n1. The molecule has 5 nitrogen and oxygen atoms in total. The monoisotopic (exact) mass is 537 g/mol. The molecule has 5 heteroatoms. The molecule has 0 spiro atoms. The lowest BCUT2D eigenvalue weighted by Crippen LogP contribution is -2.37. The van der Waals surface area contributed by atoms with E-state index in [2.05, 4.69) is 95.4 Å². The largest absolute Gasteiger partial charge is 0.315 e. The van der Waals surface area contributed by atoms with Gasteiger partial charge in [-0.25, -0.2) is 0 Å². The molecule has 0 radical (unpaired) electrons. The molecule has 0 aliphatic heterocycles. The third-order valence-electron chi connectivity index (χ3n) is 8.25. The first-order valence-corrected chi connectivity index (χ1v) is 15.5. The van der Waals surface area contributed by atoms with Crippen molar-refractivity contribution >= 4 is 21.5 Å². The van der Waals surface area contributed by atoms with E-state index in [1.165, 1.54) is 50.4 Å². The smallest absolute Gasteiger partial charge is 0.0544 e. The second kappa shape index (κ2) is 14.7. The summed E-state index contributed by atoms with van der Waals surface area (Å²) in [5, 5.41) is 16.7. The Kier molecular flexibility index (Phi) is 10.5. The molecule has 0 bridgehead atoms. The molecule has 3 N–H and O–H groups in total. The molecule has 212 valence electrons. The van der Waals surface area contributed by atoms with E-state index in [0.717, 1.165) is 90.3 Å².